The van der Waals surface area contributed by atoms with Crippen molar-refractivity contribution in [2.24, 2.45) is 5.10 Å². The van der Waals surface area contributed by atoms with Gasteiger partial charge in [-0.05, 0) is 41.5 Å². The van der Waals surface area contributed by atoms with Crippen LogP contribution in [0.2, 0.25) is 10.0 Å². The molecule has 0 radical (unpaired) electrons. The summed E-state index contributed by atoms with van der Waals surface area (Å²) in [5.74, 6) is -0.833. The monoisotopic (exact) mass is 471 g/mol. The first-order valence-corrected chi connectivity index (χ1v) is 10.2. The number of methoxy groups -OCH3 is 1. The molecule has 0 bridgehead atoms. The van der Waals surface area contributed by atoms with Gasteiger partial charge in [0.1, 0.15) is 6.61 Å². The molecule has 0 unspecified atom stereocenters. The third-order valence-electron chi connectivity index (χ3n) is 4.21. The molecule has 0 aromatic heterocycles. The third kappa shape index (κ3) is 6.23. The summed E-state index contributed by atoms with van der Waals surface area (Å²) in [6, 6.07) is 19.6. The molecule has 2 N–H and O–H groups in total. The van der Waals surface area contributed by atoms with E-state index in [1.165, 1.54) is 19.4 Å². The molecule has 9 heteroatoms. The van der Waals surface area contributed by atoms with Gasteiger partial charge in [-0.15, -0.1) is 0 Å². The Balaban J connectivity index is 1.57. The number of hydrogen-bond acceptors (Lipinski definition) is 5. The number of anilines is 1. The lowest BCUT2D eigenvalue weighted by Gasteiger charge is -2.11. The van der Waals surface area contributed by atoms with Crippen LogP contribution in [-0.2, 0) is 16.2 Å². The first-order chi connectivity index (χ1) is 15.5. The van der Waals surface area contributed by atoms with Gasteiger partial charge < -0.3 is 14.8 Å². The van der Waals surface area contributed by atoms with Gasteiger partial charge in [-0.1, -0.05) is 59.6 Å². The van der Waals surface area contributed by atoms with Crippen LogP contribution in [0.4, 0.5) is 5.69 Å². The number of hydrogen-bond donors (Lipinski definition) is 2. The first-order valence-electron chi connectivity index (χ1n) is 9.41. The van der Waals surface area contributed by atoms with Crippen molar-refractivity contribution in [3.05, 3.63) is 87.9 Å². The summed E-state index contributed by atoms with van der Waals surface area (Å²) >= 11 is 11.9. The van der Waals surface area contributed by atoms with Gasteiger partial charge in [0, 0.05) is 0 Å². The highest BCUT2D eigenvalue weighted by atomic mass is 35.5. The fourth-order valence-electron chi connectivity index (χ4n) is 2.61. The van der Waals surface area contributed by atoms with Crippen LogP contribution in [0.5, 0.6) is 11.5 Å². The molecule has 0 spiro atoms. The molecule has 2 amide bonds. The van der Waals surface area contributed by atoms with E-state index < -0.39 is 11.8 Å². The molecule has 0 saturated heterocycles. The van der Waals surface area contributed by atoms with Crippen molar-refractivity contribution < 1.29 is 19.1 Å². The number of nitrogens with zero attached hydrogens (tertiary/aromatic N) is 1. The minimum absolute atomic E-state index is 0.139. The number of carbonyl (C=O) groups is 2. The van der Waals surface area contributed by atoms with Gasteiger partial charge >= 0.3 is 11.8 Å². The molecule has 3 rings (SSSR count). The highest BCUT2D eigenvalue weighted by Gasteiger charge is 2.15. The Hall–Kier alpha value is -3.55. The van der Waals surface area contributed by atoms with Crippen LogP contribution in [0, 0.1) is 0 Å². The number of hydrazone groups is 1. The predicted octanol–water partition coefficient (Wildman–Crippen LogP) is 4.67. The van der Waals surface area contributed by atoms with Crippen LogP contribution >= 0.6 is 23.2 Å². The number of nitrogens with one attached hydrogen (secondary N) is 2. The van der Waals surface area contributed by atoms with Gasteiger partial charge in [0.15, 0.2) is 11.5 Å². The zero-order valence-corrected chi connectivity index (χ0v) is 18.5. The van der Waals surface area contributed by atoms with E-state index in [0.717, 1.165) is 5.56 Å². The minimum Gasteiger partial charge on any atom is -0.493 e. The summed E-state index contributed by atoms with van der Waals surface area (Å²) < 4.78 is 11.2. The van der Waals surface area contributed by atoms with Crippen molar-refractivity contribution in [2.45, 2.75) is 6.61 Å². The first kappa shape index (κ1) is 23.1. The molecule has 3 aromatic carbocycles. The maximum Gasteiger partial charge on any atom is 0.329 e. The van der Waals surface area contributed by atoms with Crippen molar-refractivity contribution in [1.82, 2.24) is 5.43 Å². The molecular formula is C23H19Cl2N3O4. The lowest BCUT2D eigenvalue weighted by Crippen LogP contribution is -2.32. The van der Waals surface area contributed by atoms with Crippen LogP contribution in [0.1, 0.15) is 11.1 Å². The van der Waals surface area contributed by atoms with Gasteiger partial charge in [-0.3, -0.25) is 9.59 Å². The van der Waals surface area contributed by atoms with E-state index in [4.69, 9.17) is 32.7 Å². The normalized spacial score (nSPS) is 10.6. The number of rotatable bonds is 7. The smallest absolute Gasteiger partial charge is 0.329 e. The van der Waals surface area contributed by atoms with Gasteiger partial charge in [-0.25, -0.2) is 5.43 Å². The molecule has 164 valence electrons. The van der Waals surface area contributed by atoms with Crippen molar-refractivity contribution in [2.75, 3.05) is 12.4 Å². The molecule has 0 atom stereocenters. The number of ether oxygens (including phenoxy) is 2. The molecule has 0 aliphatic carbocycles. The molecule has 7 nitrogen and oxygen atoms in total. The number of amides is 2. The molecule has 0 aliphatic heterocycles. The third-order valence-corrected chi connectivity index (χ3v) is 5.03. The second-order valence-electron chi connectivity index (χ2n) is 6.44. The number of benzene rings is 3. The van der Waals surface area contributed by atoms with E-state index in [1.807, 2.05) is 30.3 Å². The molecule has 32 heavy (non-hydrogen) atoms. The average molecular weight is 472 g/mol. The second-order valence-corrected chi connectivity index (χ2v) is 7.22. The zero-order valence-electron chi connectivity index (χ0n) is 17.0. The molecule has 3 aromatic rings. The average Bonchev–Trinajstić information content (AvgIpc) is 2.81. The summed E-state index contributed by atoms with van der Waals surface area (Å²) in [6.07, 6.45) is 1.38. The topological polar surface area (TPSA) is 89.0 Å². The van der Waals surface area contributed by atoms with E-state index in [2.05, 4.69) is 15.8 Å². The van der Waals surface area contributed by atoms with Crippen LogP contribution < -0.4 is 20.2 Å². The summed E-state index contributed by atoms with van der Waals surface area (Å²) in [4.78, 5) is 24.0. The zero-order chi connectivity index (χ0) is 22.9. The Labute approximate surface area is 194 Å². The largest absolute Gasteiger partial charge is 0.493 e. The van der Waals surface area contributed by atoms with E-state index in [0.29, 0.717) is 23.7 Å². The second kappa shape index (κ2) is 11.2. The fourth-order valence-corrected chi connectivity index (χ4v) is 2.96. The Kier molecular flexibility index (Phi) is 8.08. The summed E-state index contributed by atoms with van der Waals surface area (Å²) in [5.41, 5.74) is 4.04. The van der Waals surface area contributed by atoms with Crippen LogP contribution in [0.25, 0.3) is 0 Å². The lowest BCUT2D eigenvalue weighted by molar-refractivity contribution is -0.136. The quantitative estimate of drug-likeness (QED) is 0.297. The highest BCUT2D eigenvalue weighted by molar-refractivity contribution is 6.45. The van der Waals surface area contributed by atoms with Crippen molar-refractivity contribution in [3.63, 3.8) is 0 Å². The Morgan fingerprint density at radius 3 is 2.50 bits per heavy atom. The molecule has 0 heterocycles. The SMILES string of the molecule is COc1cc(/C=N/NC(=O)C(=O)Nc2cccc(Cl)c2Cl)ccc1OCc1ccccc1. The van der Waals surface area contributed by atoms with Gasteiger partial charge in [0.25, 0.3) is 0 Å². The lowest BCUT2D eigenvalue weighted by atomic mass is 10.2. The molecular weight excluding hydrogens is 453 g/mol. The van der Waals surface area contributed by atoms with E-state index in [-0.39, 0.29) is 15.7 Å². The molecule has 0 aliphatic rings. The summed E-state index contributed by atoms with van der Waals surface area (Å²) in [7, 11) is 1.53. The Bertz CT molecular complexity index is 1140. The van der Waals surface area contributed by atoms with E-state index in [1.54, 1.807) is 30.3 Å². The standard InChI is InChI=1S/C23H19Cl2N3O4/c1-31-20-12-16(10-11-19(20)32-14-15-6-3-2-4-7-15)13-26-28-23(30)22(29)27-18-9-5-8-17(24)21(18)25/h2-13H,14H2,1H3,(H,27,29)(H,28,30)/b26-13+. The molecule has 0 fully saturated rings. The van der Waals surface area contributed by atoms with Crippen LogP contribution in [0.15, 0.2) is 71.8 Å². The molecule has 0 saturated carbocycles. The minimum atomic E-state index is -0.966. The maximum absolute atomic E-state index is 12.0. The number of carbonyl (C=O) groups excluding carboxylic acids is 2. The summed E-state index contributed by atoms with van der Waals surface area (Å²) in [5, 5.41) is 6.57. The van der Waals surface area contributed by atoms with Crippen molar-refractivity contribution in [3.8, 4) is 11.5 Å². The van der Waals surface area contributed by atoms with E-state index >= 15 is 0 Å². The summed E-state index contributed by atoms with van der Waals surface area (Å²) in [6.45, 7) is 0.395. The highest BCUT2D eigenvalue weighted by Crippen LogP contribution is 2.30. The van der Waals surface area contributed by atoms with Gasteiger partial charge in [0.05, 0.1) is 29.1 Å². The van der Waals surface area contributed by atoms with Crippen LogP contribution in [0.3, 0.4) is 0 Å². The van der Waals surface area contributed by atoms with Gasteiger partial charge in [-0.2, -0.15) is 5.10 Å². The van der Waals surface area contributed by atoms with E-state index in [9.17, 15) is 9.59 Å². The maximum atomic E-state index is 12.0. The van der Waals surface area contributed by atoms with Crippen molar-refractivity contribution in [1.29, 1.82) is 0 Å². The Morgan fingerprint density at radius 1 is 0.969 bits per heavy atom. The number of halogens is 2. The van der Waals surface area contributed by atoms with Crippen molar-refractivity contribution >= 4 is 46.9 Å². The predicted molar refractivity (Wildman–Crippen MR) is 125 cm³/mol. The van der Waals surface area contributed by atoms with Gasteiger partial charge in [0.2, 0.25) is 0 Å². The fraction of sp³-hybridized carbons (Fsp3) is 0.0870. The Morgan fingerprint density at radius 2 is 1.75 bits per heavy atom. The van der Waals surface area contributed by atoms with Crippen LogP contribution in [-0.4, -0.2) is 25.1 Å².